The Morgan fingerprint density at radius 3 is 2.68 bits per heavy atom. The molecule has 0 aliphatic carbocycles. The Bertz CT molecular complexity index is 927. The second-order valence-electron chi connectivity index (χ2n) is 7.41. The third-order valence-corrected chi connectivity index (χ3v) is 5.28. The molecule has 0 bridgehead atoms. The summed E-state index contributed by atoms with van der Waals surface area (Å²) in [5.74, 6) is 1.44. The number of ether oxygens (including phenoxy) is 1. The molecule has 2 aliphatic rings. The van der Waals surface area contributed by atoms with Gasteiger partial charge in [0.25, 0.3) is 0 Å². The van der Waals surface area contributed by atoms with Crippen LogP contribution in [0.1, 0.15) is 30.0 Å². The Hall–Kier alpha value is -2.86. The van der Waals surface area contributed by atoms with Crippen LogP contribution in [0, 0.1) is 0 Å². The van der Waals surface area contributed by atoms with E-state index in [2.05, 4.69) is 12.1 Å². The summed E-state index contributed by atoms with van der Waals surface area (Å²) < 4.78 is 5.45. The number of carbonyl (C=O) groups excluding carboxylic acids is 1. The van der Waals surface area contributed by atoms with E-state index >= 15 is 0 Å². The van der Waals surface area contributed by atoms with E-state index in [1.165, 1.54) is 11.1 Å². The topological polar surface area (TPSA) is 54.4 Å². The standard InChI is InChI=1S/C22H25N3O3/c1-22(14-20(26)25-13-12-16-8-4-5-9-17(16)15-25)23-21(24(2)28-22)18-10-6-7-11-19(18)27-3/h4-11H,12-15H2,1-3H3. The maximum Gasteiger partial charge on any atom is 0.227 e. The van der Waals surface area contributed by atoms with Crippen LogP contribution in [-0.4, -0.2) is 48.1 Å². The quantitative estimate of drug-likeness (QED) is 0.820. The van der Waals surface area contributed by atoms with Crippen LogP contribution in [-0.2, 0) is 22.6 Å². The highest BCUT2D eigenvalue weighted by molar-refractivity contribution is 6.01. The monoisotopic (exact) mass is 379 g/mol. The number of rotatable bonds is 4. The molecule has 0 aromatic heterocycles. The SMILES string of the molecule is COc1ccccc1C1=NC(C)(CC(=O)N2CCc3ccccc3C2)ON1C. The molecule has 2 aromatic carbocycles. The highest BCUT2D eigenvalue weighted by Gasteiger charge is 2.40. The minimum atomic E-state index is -0.932. The van der Waals surface area contributed by atoms with E-state index in [4.69, 9.17) is 14.6 Å². The first-order chi connectivity index (χ1) is 13.5. The maximum absolute atomic E-state index is 13.0. The normalized spacial score (nSPS) is 21.3. The number of hydroxylamine groups is 2. The average molecular weight is 379 g/mol. The fourth-order valence-corrected chi connectivity index (χ4v) is 3.89. The molecule has 2 aliphatic heterocycles. The van der Waals surface area contributed by atoms with Crippen molar-refractivity contribution < 1.29 is 14.4 Å². The zero-order valence-electron chi connectivity index (χ0n) is 16.5. The summed E-state index contributed by atoms with van der Waals surface area (Å²) in [4.78, 5) is 25.6. The number of carbonyl (C=O) groups is 1. The van der Waals surface area contributed by atoms with Gasteiger partial charge in [0.05, 0.1) is 19.1 Å². The highest BCUT2D eigenvalue weighted by Crippen LogP contribution is 2.32. The predicted octanol–water partition coefficient (Wildman–Crippen LogP) is 3.01. The lowest BCUT2D eigenvalue weighted by atomic mass is 9.99. The van der Waals surface area contributed by atoms with Crippen LogP contribution in [0.5, 0.6) is 5.75 Å². The summed E-state index contributed by atoms with van der Waals surface area (Å²) >= 11 is 0. The number of fused-ring (bicyclic) bond motifs is 1. The van der Waals surface area contributed by atoms with Gasteiger partial charge in [-0.3, -0.25) is 4.79 Å². The predicted molar refractivity (Wildman–Crippen MR) is 107 cm³/mol. The Labute approximate surface area is 165 Å². The maximum atomic E-state index is 13.0. The lowest BCUT2D eigenvalue weighted by molar-refractivity contribution is -0.170. The molecule has 0 fully saturated rings. The largest absolute Gasteiger partial charge is 0.496 e. The summed E-state index contributed by atoms with van der Waals surface area (Å²) in [6.45, 7) is 3.22. The Balaban J connectivity index is 1.52. The number of nitrogens with zero attached hydrogens (tertiary/aromatic N) is 3. The van der Waals surface area contributed by atoms with Gasteiger partial charge in [0.2, 0.25) is 5.91 Å². The van der Waals surface area contributed by atoms with Gasteiger partial charge in [0.15, 0.2) is 11.6 Å². The van der Waals surface area contributed by atoms with Crippen LogP contribution in [0.15, 0.2) is 53.5 Å². The molecule has 1 atom stereocenters. The van der Waals surface area contributed by atoms with Crippen molar-refractivity contribution in [2.45, 2.75) is 32.0 Å². The third-order valence-electron chi connectivity index (χ3n) is 5.28. The van der Waals surface area contributed by atoms with Crippen LogP contribution in [0.2, 0.25) is 0 Å². The number of aliphatic imine (C=N–C) groups is 1. The van der Waals surface area contributed by atoms with E-state index in [0.717, 1.165) is 24.3 Å². The summed E-state index contributed by atoms with van der Waals surface area (Å²) in [5.41, 5.74) is 2.45. The number of amidine groups is 1. The molecular weight excluding hydrogens is 354 g/mol. The molecule has 2 aromatic rings. The number of para-hydroxylation sites is 1. The van der Waals surface area contributed by atoms with Crippen molar-refractivity contribution in [3.8, 4) is 5.75 Å². The van der Waals surface area contributed by atoms with E-state index < -0.39 is 5.72 Å². The van der Waals surface area contributed by atoms with Crippen LogP contribution in [0.4, 0.5) is 0 Å². The van der Waals surface area contributed by atoms with Gasteiger partial charge in [-0.2, -0.15) is 0 Å². The van der Waals surface area contributed by atoms with Crippen LogP contribution < -0.4 is 4.74 Å². The molecule has 2 heterocycles. The number of amides is 1. The smallest absolute Gasteiger partial charge is 0.227 e. The molecule has 0 N–H and O–H groups in total. The second-order valence-corrected chi connectivity index (χ2v) is 7.41. The zero-order valence-corrected chi connectivity index (χ0v) is 16.5. The molecule has 0 radical (unpaired) electrons. The van der Waals surface area contributed by atoms with Crippen LogP contribution in [0.25, 0.3) is 0 Å². The molecule has 0 saturated carbocycles. The van der Waals surface area contributed by atoms with E-state index in [1.54, 1.807) is 19.2 Å². The van der Waals surface area contributed by atoms with E-state index in [9.17, 15) is 4.79 Å². The fourth-order valence-electron chi connectivity index (χ4n) is 3.89. The summed E-state index contributed by atoms with van der Waals surface area (Å²) in [6, 6.07) is 16.0. The van der Waals surface area contributed by atoms with Gasteiger partial charge in [-0.15, -0.1) is 0 Å². The molecule has 28 heavy (non-hydrogen) atoms. The van der Waals surface area contributed by atoms with Crippen molar-refractivity contribution in [3.05, 3.63) is 65.2 Å². The van der Waals surface area contributed by atoms with Gasteiger partial charge in [-0.05, 0) is 36.6 Å². The molecule has 4 rings (SSSR count). The third kappa shape index (κ3) is 3.47. The molecular formula is C22H25N3O3. The molecule has 1 amide bonds. The van der Waals surface area contributed by atoms with Crippen molar-refractivity contribution >= 4 is 11.7 Å². The lowest BCUT2D eigenvalue weighted by Gasteiger charge is -2.31. The first-order valence-corrected chi connectivity index (χ1v) is 9.50. The van der Waals surface area contributed by atoms with Crippen molar-refractivity contribution in [2.75, 3.05) is 20.7 Å². The molecule has 0 spiro atoms. The summed E-state index contributed by atoms with van der Waals surface area (Å²) in [7, 11) is 3.43. The Morgan fingerprint density at radius 2 is 1.89 bits per heavy atom. The summed E-state index contributed by atoms with van der Waals surface area (Å²) in [6.07, 6.45) is 1.08. The van der Waals surface area contributed by atoms with Crippen LogP contribution in [0.3, 0.4) is 0 Å². The number of benzene rings is 2. The summed E-state index contributed by atoms with van der Waals surface area (Å²) in [5, 5.41) is 1.62. The molecule has 6 nitrogen and oxygen atoms in total. The van der Waals surface area contributed by atoms with Crippen LogP contribution >= 0.6 is 0 Å². The zero-order chi connectivity index (χ0) is 19.7. The number of hydrogen-bond donors (Lipinski definition) is 0. The molecule has 0 saturated heterocycles. The highest BCUT2D eigenvalue weighted by atomic mass is 16.7. The van der Waals surface area contributed by atoms with Gasteiger partial charge in [-0.25, -0.2) is 14.9 Å². The first kappa shape index (κ1) is 18.5. The van der Waals surface area contributed by atoms with Gasteiger partial charge in [0, 0.05) is 20.1 Å². The number of hydrogen-bond acceptors (Lipinski definition) is 5. The molecule has 146 valence electrons. The Morgan fingerprint density at radius 1 is 1.18 bits per heavy atom. The average Bonchev–Trinajstić information content (AvgIpc) is 3.01. The van der Waals surface area contributed by atoms with Gasteiger partial charge < -0.3 is 9.64 Å². The number of methoxy groups -OCH3 is 1. The van der Waals surface area contributed by atoms with E-state index in [-0.39, 0.29) is 12.3 Å². The van der Waals surface area contributed by atoms with Crippen molar-refractivity contribution in [3.63, 3.8) is 0 Å². The van der Waals surface area contributed by atoms with Gasteiger partial charge in [-0.1, -0.05) is 36.4 Å². The van der Waals surface area contributed by atoms with Crippen molar-refractivity contribution in [2.24, 2.45) is 4.99 Å². The first-order valence-electron chi connectivity index (χ1n) is 9.50. The molecule has 6 heteroatoms. The lowest BCUT2D eigenvalue weighted by Crippen LogP contribution is -2.40. The van der Waals surface area contributed by atoms with E-state index in [0.29, 0.717) is 12.4 Å². The second kappa shape index (κ2) is 7.28. The van der Waals surface area contributed by atoms with Crippen molar-refractivity contribution in [1.82, 2.24) is 9.96 Å². The molecule has 1 unspecified atom stereocenters. The minimum absolute atomic E-state index is 0.0513. The van der Waals surface area contributed by atoms with Crippen molar-refractivity contribution in [1.29, 1.82) is 0 Å². The minimum Gasteiger partial charge on any atom is -0.496 e. The Kier molecular flexibility index (Phi) is 4.81. The fraction of sp³-hybridized carbons (Fsp3) is 0.364. The van der Waals surface area contributed by atoms with Gasteiger partial charge in [0.1, 0.15) is 5.75 Å². The van der Waals surface area contributed by atoms with E-state index in [1.807, 2.05) is 48.2 Å². The van der Waals surface area contributed by atoms with Gasteiger partial charge >= 0.3 is 0 Å².